The lowest BCUT2D eigenvalue weighted by Crippen LogP contribution is -2.54. The molecule has 1 saturated heterocycles. The zero-order chi connectivity index (χ0) is 26.2. The summed E-state index contributed by atoms with van der Waals surface area (Å²) in [5.41, 5.74) is -0.640. The normalized spacial score (nSPS) is 18.9. The van der Waals surface area contributed by atoms with E-state index in [0.29, 0.717) is 12.1 Å². The van der Waals surface area contributed by atoms with E-state index < -0.39 is 39.6 Å². The first-order valence-corrected chi connectivity index (χ1v) is 11.6. The molecule has 1 fully saturated rings. The maximum atomic E-state index is 13.2. The average molecular weight is 524 g/mol. The van der Waals surface area contributed by atoms with Gasteiger partial charge in [0.2, 0.25) is 10.0 Å². The molecule has 1 aromatic carbocycles. The number of nitrogens with two attached hydrogens (primary N) is 1. The van der Waals surface area contributed by atoms with Crippen LogP contribution in [-0.4, -0.2) is 60.8 Å². The highest BCUT2D eigenvalue weighted by Crippen LogP contribution is 2.50. The minimum absolute atomic E-state index is 0.00243. The number of sulfonamides is 1. The Kier molecular flexibility index (Phi) is 7.12. The SMILES string of the molecule is CC=C[C@H]1CN(S(=O)(=O)c2ccc(N)nc2)CCN1c1ccc(C(O)(C(F)(F)F)C(F)(F)F)cc1. The first kappa shape index (κ1) is 26.8. The molecular formula is C21H22F6N4O3S. The van der Waals surface area contributed by atoms with Crippen molar-refractivity contribution in [3.8, 4) is 0 Å². The molecule has 1 aromatic heterocycles. The summed E-state index contributed by atoms with van der Waals surface area (Å²) in [5.74, 6) is 0.145. The molecule has 7 nitrogen and oxygen atoms in total. The molecule has 1 atom stereocenters. The molecular weight excluding hydrogens is 502 g/mol. The van der Waals surface area contributed by atoms with Crippen molar-refractivity contribution in [1.82, 2.24) is 9.29 Å². The number of piperazine rings is 1. The highest BCUT2D eigenvalue weighted by Gasteiger charge is 2.71. The number of rotatable bonds is 5. The molecule has 0 aliphatic carbocycles. The van der Waals surface area contributed by atoms with Crippen LogP contribution in [0.2, 0.25) is 0 Å². The lowest BCUT2D eigenvalue weighted by Gasteiger charge is -2.41. The molecule has 0 amide bonds. The first-order valence-electron chi connectivity index (χ1n) is 10.2. The predicted molar refractivity (Wildman–Crippen MR) is 116 cm³/mol. The van der Waals surface area contributed by atoms with E-state index in [2.05, 4.69) is 4.98 Å². The van der Waals surface area contributed by atoms with Crippen LogP contribution < -0.4 is 10.6 Å². The van der Waals surface area contributed by atoms with Crippen LogP contribution in [0.5, 0.6) is 0 Å². The Bertz CT molecular complexity index is 1150. The maximum absolute atomic E-state index is 13.2. The van der Waals surface area contributed by atoms with Gasteiger partial charge in [-0.1, -0.05) is 24.3 Å². The molecule has 0 unspecified atom stereocenters. The molecule has 0 radical (unpaired) electrons. The number of benzene rings is 1. The van der Waals surface area contributed by atoms with Crippen molar-refractivity contribution in [2.24, 2.45) is 0 Å². The fraction of sp³-hybridized carbons (Fsp3) is 0.381. The Balaban J connectivity index is 1.89. The van der Waals surface area contributed by atoms with E-state index in [9.17, 15) is 39.9 Å². The van der Waals surface area contributed by atoms with Crippen molar-refractivity contribution in [2.45, 2.75) is 35.8 Å². The number of pyridine rings is 1. The lowest BCUT2D eigenvalue weighted by atomic mass is 9.92. The summed E-state index contributed by atoms with van der Waals surface area (Å²) in [4.78, 5) is 5.37. The Hall–Kier alpha value is -2.84. The van der Waals surface area contributed by atoms with Gasteiger partial charge in [0.05, 0.1) is 6.04 Å². The fourth-order valence-electron chi connectivity index (χ4n) is 3.78. The second-order valence-corrected chi connectivity index (χ2v) is 9.76. The van der Waals surface area contributed by atoms with Crippen molar-refractivity contribution < 1.29 is 39.9 Å². The summed E-state index contributed by atoms with van der Waals surface area (Å²) < 4.78 is 106. The van der Waals surface area contributed by atoms with E-state index in [1.165, 1.54) is 16.4 Å². The zero-order valence-electron chi connectivity index (χ0n) is 18.3. The fourth-order valence-corrected chi connectivity index (χ4v) is 5.18. The molecule has 0 saturated carbocycles. The van der Waals surface area contributed by atoms with E-state index >= 15 is 0 Å². The number of hydrogen-bond acceptors (Lipinski definition) is 6. The topological polar surface area (TPSA) is 99.8 Å². The van der Waals surface area contributed by atoms with Gasteiger partial charge in [0.1, 0.15) is 10.7 Å². The molecule has 14 heteroatoms. The van der Waals surface area contributed by atoms with Crippen molar-refractivity contribution in [1.29, 1.82) is 0 Å². The number of halogens is 6. The summed E-state index contributed by atoms with van der Waals surface area (Å²) in [6.45, 7) is 1.75. The molecule has 2 heterocycles. The Morgan fingerprint density at radius 1 is 1.03 bits per heavy atom. The summed E-state index contributed by atoms with van der Waals surface area (Å²) in [7, 11) is -3.92. The highest BCUT2D eigenvalue weighted by atomic mass is 32.2. The van der Waals surface area contributed by atoms with Crippen LogP contribution in [-0.2, 0) is 15.6 Å². The molecule has 2 aromatic rings. The largest absolute Gasteiger partial charge is 0.430 e. The monoisotopic (exact) mass is 524 g/mol. The van der Waals surface area contributed by atoms with Crippen LogP contribution in [0, 0.1) is 0 Å². The van der Waals surface area contributed by atoms with Crippen LogP contribution in [0.4, 0.5) is 37.8 Å². The van der Waals surface area contributed by atoms with Gasteiger partial charge < -0.3 is 15.7 Å². The van der Waals surface area contributed by atoms with E-state index in [4.69, 9.17) is 5.73 Å². The number of allylic oxidation sites excluding steroid dienone is 1. The number of nitrogen functional groups attached to an aromatic ring is 1. The van der Waals surface area contributed by atoms with Crippen molar-refractivity contribution in [2.75, 3.05) is 30.3 Å². The summed E-state index contributed by atoms with van der Waals surface area (Å²) in [5, 5.41) is 9.58. The Labute approximate surface area is 197 Å². The van der Waals surface area contributed by atoms with Crippen LogP contribution >= 0.6 is 0 Å². The van der Waals surface area contributed by atoms with Crippen LogP contribution in [0.3, 0.4) is 0 Å². The smallest absolute Gasteiger partial charge is 0.384 e. The van der Waals surface area contributed by atoms with Gasteiger partial charge in [-0.25, -0.2) is 13.4 Å². The van der Waals surface area contributed by atoms with Gasteiger partial charge in [-0.3, -0.25) is 0 Å². The Morgan fingerprint density at radius 2 is 1.63 bits per heavy atom. The van der Waals surface area contributed by atoms with E-state index in [1.54, 1.807) is 24.0 Å². The molecule has 0 spiro atoms. The standard InChI is InChI=1S/C21H22F6N4O3S/c1-2-3-16-13-30(35(33,34)17-8-9-18(28)29-12-17)10-11-31(16)15-6-4-14(5-7-15)19(32,20(22,23)24)21(25,26)27/h2-9,12,16,32H,10-11,13H2,1H3,(H2,28,29)/t16-/m0/s1. The second-order valence-electron chi connectivity index (χ2n) is 7.82. The lowest BCUT2D eigenvalue weighted by molar-refractivity contribution is -0.376. The van der Waals surface area contributed by atoms with Crippen molar-refractivity contribution in [3.05, 3.63) is 60.3 Å². The molecule has 1 aliphatic heterocycles. The van der Waals surface area contributed by atoms with Gasteiger partial charge in [-0.15, -0.1) is 0 Å². The van der Waals surface area contributed by atoms with Gasteiger partial charge in [0, 0.05) is 37.1 Å². The van der Waals surface area contributed by atoms with Gasteiger partial charge >= 0.3 is 12.4 Å². The third kappa shape index (κ3) is 4.95. The molecule has 192 valence electrons. The summed E-state index contributed by atoms with van der Waals surface area (Å²) in [6, 6.07) is 5.27. The number of hydrogen-bond donors (Lipinski definition) is 2. The minimum atomic E-state index is -5.99. The van der Waals surface area contributed by atoms with E-state index in [1.807, 2.05) is 0 Å². The number of anilines is 2. The van der Waals surface area contributed by atoms with Gasteiger partial charge in [0.25, 0.3) is 5.60 Å². The quantitative estimate of drug-likeness (QED) is 0.460. The average Bonchev–Trinajstić information content (AvgIpc) is 2.77. The number of aromatic nitrogens is 1. The number of nitrogens with zero attached hydrogens (tertiary/aromatic N) is 3. The van der Waals surface area contributed by atoms with Crippen molar-refractivity contribution >= 4 is 21.5 Å². The highest BCUT2D eigenvalue weighted by molar-refractivity contribution is 7.89. The molecule has 3 N–H and O–H groups in total. The molecule has 35 heavy (non-hydrogen) atoms. The van der Waals surface area contributed by atoms with E-state index in [-0.39, 0.29) is 36.0 Å². The van der Waals surface area contributed by atoms with E-state index in [0.717, 1.165) is 18.3 Å². The minimum Gasteiger partial charge on any atom is -0.384 e. The molecule has 3 rings (SSSR count). The summed E-state index contributed by atoms with van der Waals surface area (Å²) in [6.07, 6.45) is -7.53. The van der Waals surface area contributed by atoms with Gasteiger partial charge in [-0.05, 0) is 31.2 Å². The van der Waals surface area contributed by atoms with Crippen LogP contribution in [0.25, 0.3) is 0 Å². The van der Waals surface area contributed by atoms with Gasteiger partial charge in [-0.2, -0.15) is 30.6 Å². The predicted octanol–water partition coefficient (Wildman–Crippen LogP) is 3.43. The third-order valence-electron chi connectivity index (χ3n) is 5.63. The zero-order valence-corrected chi connectivity index (χ0v) is 19.1. The molecule has 0 bridgehead atoms. The van der Waals surface area contributed by atoms with Crippen LogP contribution in [0.15, 0.2) is 59.6 Å². The number of alkyl halides is 6. The van der Waals surface area contributed by atoms with Crippen molar-refractivity contribution in [3.63, 3.8) is 0 Å². The molecule has 1 aliphatic rings. The van der Waals surface area contributed by atoms with Crippen LogP contribution in [0.1, 0.15) is 12.5 Å². The third-order valence-corrected chi connectivity index (χ3v) is 7.48. The summed E-state index contributed by atoms with van der Waals surface area (Å²) >= 11 is 0. The van der Waals surface area contributed by atoms with Gasteiger partial charge in [0.15, 0.2) is 0 Å². The Morgan fingerprint density at radius 3 is 2.11 bits per heavy atom. The second kappa shape index (κ2) is 9.32. The first-order chi connectivity index (χ1) is 16.1. The maximum Gasteiger partial charge on any atom is 0.430 e. The number of aliphatic hydroxyl groups is 1.